The molecule has 8 atom stereocenters. The molecular weight excluding hydrogens is 236 g/mol. The van der Waals surface area contributed by atoms with E-state index in [2.05, 4.69) is 0 Å². The van der Waals surface area contributed by atoms with Gasteiger partial charge in [-0.15, -0.1) is 0 Å². The lowest BCUT2D eigenvalue weighted by atomic mass is 9.34. The van der Waals surface area contributed by atoms with Crippen LogP contribution in [0.5, 0.6) is 0 Å². The number of alkyl halides is 2. The van der Waals surface area contributed by atoms with Crippen LogP contribution < -0.4 is 0 Å². The van der Waals surface area contributed by atoms with Gasteiger partial charge < -0.3 is 4.74 Å². The highest BCUT2D eigenvalue weighted by Crippen LogP contribution is 2.96. The molecule has 0 radical (unpaired) electrons. The molecule has 0 saturated heterocycles. The highest BCUT2D eigenvalue weighted by Gasteiger charge is 2.97. The van der Waals surface area contributed by atoms with Crippen LogP contribution in [0.25, 0.3) is 0 Å². The van der Waals surface area contributed by atoms with Gasteiger partial charge in [-0.3, -0.25) is 0 Å². The molecule has 4 bridgehead atoms. The second kappa shape index (κ2) is 2.60. The van der Waals surface area contributed by atoms with E-state index in [0.717, 1.165) is 6.42 Å². The van der Waals surface area contributed by atoms with Gasteiger partial charge in [-0.25, -0.2) is 8.78 Å². The van der Waals surface area contributed by atoms with E-state index in [1.807, 2.05) is 6.07 Å². The number of nitrogens with zero attached hydrogens (tertiary/aromatic N) is 1. The van der Waals surface area contributed by atoms with Crippen LogP contribution in [0.1, 0.15) is 12.8 Å². The molecule has 6 fully saturated rings. The molecule has 96 valence electrons. The molecule has 0 heterocycles. The topological polar surface area (TPSA) is 33.0 Å². The second-order valence-electron chi connectivity index (χ2n) is 6.94. The minimum Gasteiger partial charge on any atom is -0.380 e. The van der Waals surface area contributed by atoms with E-state index < -0.39 is 5.92 Å². The molecule has 8 unspecified atom stereocenters. The van der Waals surface area contributed by atoms with Crippen molar-refractivity contribution in [2.45, 2.75) is 18.8 Å². The summed E-state index contributed by atoms with van der Waals surface area (Å²) in [6.45, 7) is 0.889. The van der Waals surface area contributed by atoms with Crippen LogP contribution >= 0.6 is 0 Å². The predicted octanol–water partition coefficient (Wildman–Crippen LogP) is 2.31. The normalized spacial score (nSPS) is 62.6. The van der Waals surface area contributed by atoms with Gasteiger partial charge >= 0.3 is 0 Å². The van der Waals surface area contributed by atoms with Crippen molar-refractivity contribution in [1.82, 2.24) is 0 Å². The van der Waals surface area contributed by atoms with Crippen LogP contribution in [-0.4, -0.2) is 19.1 Å². The third-order valence-corrected chi connectivity index (χ3v) is 7.03. The first-order chi connectivity index (χ1) is 8.65. The van der Waals surface area contributed by atoms with Crippen LogP contribution in [0.2, 0.25) is 0 Å². The van der Waals surface area contributed by atoms with Crippen molar-refractivity contribution in [3.05, 3.63) is 0 Å². The molecule has 0 amide bonds. The number of rotatable bonds is 4. The predicted molar refractivity (Wildman–Crippen MR) is 57.5 cm³/mol. The summed E-state index contributed by atoms with van der Waals surface area (Å²) in [6, 6.07) is 2.04. The Hall–Kier alpha value is -0.690. The number of halogens is 2. The summed E-state index contributed by atoms with van der Waals surface area (Å²) < 4.78 is 34.3. The fourth-order valence-corrected chi connectivity index (χ4v) is 7.09. The van der Waals surface area contributed by atoms with Crippen molar-refractivity contribution in [1.29, 1.82) is 5.26 Å². The van der Waals surface area contributed by atoms with Gasteiger partial charge in [-0.2, -0.15) is 5.26 Å². The van der Waals surface area contributed by atoms with Gasteiger partial charge in [0.05, 0.1) is 25.7 Å². The molecule has 0 aromatic carbocycles. The molecule has 6 aliphatic carbocycles. The van der Waals surface area contributed by atoms with E-state index in [9.17, 15) is 8.78 Å². The van der Waals surface area contributed by atoms with E-state index in [4.69, 9.17) is 10.00 Å². The fourth-order valence-electron chi connectivity index (χ4n) is 7.09. The molecule has 4 heteroatoms. The monoisotopic (exact) mass is 251 g/mol. The number of ether oxygens (including phenoxy) is 1. The lowest BCUT2D eigenvalue weighted by molar-refractivity contribution is -0.261. The Bertz CT molecular complexity index is 487. The largest absolute Gasteiger partial charge is 0.380 e. The first-order valence-electron chi connectivity index (χ1n) is 6.98. The van der Waals surface area contributed by atoms with Gasteiger partial charge in [0, 0.05) is 17.3 Å². The summed E-state index contributed by atoms with van der Waals surface area (Å²) in [4.78, 5) is 0. The summed E-state index contributed by atoms with van der Waals surface area (Å²) in [5.41, 5.74) is -0.187. The first kappa shape index (κ1) is 10.1. The second-order valence-corrected chi connectivity index (χ2v) is 6.94. The summed E-state index contributed by atoms with van der Waals surface area (Å²) in [7, 11) is 0. The van der Waals surface area contributed by atoms with Gasteiger partial charge in [0.25, 0.3) is 5.92 Å². The third-order valence-electron chi connectivity index (χ3n) is 7.03. The van der Waals surface area contributed by atoms with Crippen molar-refractivity contribution in [2.24, 2.45) is 46.8 Å². The summed E-state index contributed by atoms with van der Waals surface area (Å²) in [5, 5.41) is 8.49. The molecule has 0 aromatic rings. The third kappa shape index (κ3) is 0.672. The molecule has 18 heavy (non-hydrogen) atoms. The SMILES string of the molecule is N#CCCOCC12C3CC4C5C3C1C5C(F)(F)C42. The van der Waals surface area contributed by atoms with Crippen molar-refractivity contribution in [2.75, 3.05) is 13.2 Å². The minimum atomic E-state index is -2.42. The summed E-state index contributed by atoms with van der Waals surface area (Å²) >= 11 is 0. The average Bonchev–Trinajstić information content (AvgIpc) is 2.74. The van der Waals surface area contributed by atoms with E-state index in [1.54, 1.807) is 0 Å². The van der Waals surface area contributed by atoms with Crippen LogP contribution in [0, 0.1) is 58.2 Å². The van der Waals surface area contributed by atoms with Gasteiger partial charge in [0.2, 0.25) is 0 Å². The Kier molecular flexibility index (Phi) is 1.47. The van der Waals surface area contributed by atoms with Crippen molar-refractivity contribution < 1.29 is 13.5 Å². The van der Waals surface area contributed by atoms with Crippen molar-refractivity contribution >= 4 is 0 Å². The van der Waals surface area contributed by atoms with Crippen LogP contribution in [-0.2, 0) is 4.74 Å². The fraction of sp³-hybridized carbons (Fsp3) is 0.929. The zero-order valence-electron chi connectivity index (χ0n) is 9.98. The quantitative estimate of drug-likeness (QED) is 0.718. The van der Waals surface area contributed by atoms with Gasteiger partial charge in [-0.1, -0.05) is 0 Å². The van der Waals surface area contributed by atoms with E-state index in [1.165, 1.54) is 0 Å². The Balaban J connectivity index is 1.45. The maximum atomic E-state index is 14.3. The summed E-state index contributed by atoms with van der Waals surface area (Å²) in [6.07, 6.45) is 1.40. The number of hydrogen-bond acceptors (Lipinski definition) is 2. The van der Waals surface area contributed by atoms with Gasteiger partial charge in [0.15, 0.2) is 0 Å². The lowest BCUT2D eigenvalue weighted by Crippen LogP contribution is -2.69. The smallest absolute Gasteiger partial charge is 0.255 e. The standard InChI is InChI=1S/C14H15F2NO/c15-14(16)11-8-6-4-7-9(8)10(11)13(7,12(6)14)5-18-3-1-2-17/h6-12H,1,3-5H2. The first-order valence-corrected chi connectivity index (χ1v) is 6.98. The minimum absolute atomic E-state index is 0.187. The Labute approximate surface area is 104 Å². The lowest BCUT2D eigenvalue weighted by Gasteiger charge is -2.69. The average molecular weight is 251 g/mol. The molecule has 6 aliphatic rings. The van der Waals surface area contributed by atoms with Crippen molar-refractivity contribution in [3.8, 4) is 6.07 Å². The molecule has 6 saturated carbocycles. The maximum Gasteiger partial charge on any atom is 0.255 e. The van der Waals surface area contributed by atoms with Crippen LogP contribution in [0.15, 0.2) is 0 Å². The molecule has 6 rings (SSSR count). The molecule has 0 aliphatic heterocycles. The van der Waals surface area contributed by atoms with Gasteiger partial charge in [-0.05, 0) is 36.0 Å². The van der Waals surface area contributed by atoms with Gasteiger partial charge in [0.1, 0.15) is 0 Å². The van der Waals surface area contributed by atoms with E-state index in [0.29, 0.717) is 43.3 Å². The Morgan fingerprint density at radius 2 is 2.11 bits per heavy atom. The Morgan fingerprint density at radius 3 is 2.89 bits per heavy atom. The summed E-state index contributed by atoms with van der Waals surface area (Å²) in [5.74, 6) is -1.06. The molecule has 0 aromatic heterocycles. The Morgan fingerprint density at radius 1 is 1.28 bits per heavy atom. The molecule has 0 spiro atoms. The molecule has 0 N–H and O–H groups in total. The van der Waals surface area contributed by atoms with E-state index in [-0.39, 0.29) is 23.2 Å². The molecule has 2 nitrogen and oxygen atoms in total. The van der Waals surface area contributed by atoms with Crippen molar-refractivity contribution in [3.63, 3.8) is 0 Å². The van der Waals surface area contributed by atoms with Crippen LogP contribution in [0.4, 0.5) is 8.78 Å². The molecular formula is C14H15F2NO. The highest BCUT2D eigenvalue weighted by atomic mass is 19.3. The van der Waals surface area contributed by atoms with E-state index >= 15 is 0 Å². The highest BCUT2D eigenvalue weighted by molar-refractivity contribution is 5.41. The number of nitriles is 1. The van der Waals surface area contributed by atoms with Crippen LogP contribution in [0.3, 0.4) is 0 Å². The zero-order chi connectivity index (χ0) is 12.3. The zero-order valence-corrected chi connectivity index (χ0v) is 9.98. The number of hydrogen-bond donors (Lipinski definition) is 0. The maximum absolute atomic E-state index is 14.3.